The van der Waals surface area contributed by atoms with Gasteiger partial charge >= 0.3 is 0 Å². The van der Waals surface area contributed by atoms with E-state index in [0.717, 1.165) is 0 Å². The van der Waals surface area contributed by atoms with Crippen molar-refractivity contribution in [2.45, 2.75) is 6.92 Å². The molecule has 0 unspecified atom stereocenters. The predicted molar refractivity (Wildman–Crippen MR) is 74.6 cm³/mol. The maximum absolute atomic E-state index is 12.1. The third-order valence-corrected chi connectivity index (χ3v) is 1.94. The van der Waals surface area contributed by atoms with Crippen molar-refractivity contribution in [2.24, 2.45) is 5.73 Å². The Balaban J connectivity index is 5.14. The average Bonchev–Trinajstić information content (AvgIpc) is 2.34. The Kier molecular flexibility index (Phi) is 8.25. The first kappa shape index (κ1) is 15.1. The highest BCUT2D eigenvalue weighted by Gasteiger charge is 2.08. The van der Waals surface area contributed by atoms with Crippen molar-refractivity contribution < 1.29 is 4.79 Å². The molecule has 17 heavy (non-hydrogen) atoms. The summed E-state index contributed by atoms with van der Waals surface area (Å²) in [6, 6.07) is 0. The molecule has 0 saturated heterocycles. The summed E-state index contributed by atoms with van der Waals surface area (Å²) in [6.45, 7) is 9.52. The maximum Gasteiger partial charge on any atom is 0.192 e. The molecule has 0 fully saturated rings. The minimum absolute atomic E-state index is 0.0836. The van der Waals surface area contributed by atoms with Crippen LogP contribution in [0.2, 0.25) is 0 Å². The molecule has 0 heterocycles. The van der Waals surface area contributed by atoms with E-state index in [1.165, 1.54) is 6.08 Å². The molecule has 0 amide bonds. The van der Waals surface area contributed by atoms with Gasteiger partial charge in [0.25, 0.3) is 0 Å². The molecule has 0 aromatic rings. The molecule has 0 saturated carbocycles. The fraction of sp³-hybridized carbons (Fsp3) is 0.133. The molecule has 2 nitrogen and oxygen atoms in total. The first-order chi connectivity index (χ1) is 8.21. The van der Waals surface area contributed by atoms with Gasteiger partial charge in [-0.2, -0.15) is 0 Å². The maximum atomic E-state index is 12.1. The SMILES string of the molecule is C=C/C=C(\C=C/C)C(=O)/C(C=C)=C/C=C\CN. The van der Waals surface area contributed by atoms with E-state index in [1.807, 2.05) is 13.0 Å². The number of hydrogen-bond donors (Lipinski definition) is 1. The van der Waals surface area contributed by atoms with Crippen molar-refractivity contribution in [1.29, 1.82) is 0 Å². The number of Topliss-reactive ketones (excluding diaryl/α,β-unsaturated/α-hetero) is 1. The first-order valence-corrected chi connectivity index (χ1v) is 5.40. The van der Waals surface area contributed by atoms with Crippen molar-refractivity contribution in [3.05, 3.63) is 72.9 Å². The molecule has 0 atom stereocenters. The van der Waals surface area contributed by atoms with Crippen LogP contribution in [0.25, 0.3) is 0 Å². The predicted octanol–water partition coefficient (Wildman–Crippen LogP) is 2.87. The summed E-state index contributed by atoms with van der Waals surface area (Å²) in [7, 11) is 0. The van der Waals surface area contributed by atoms with Crippen molar-refractivity contribution in [3.63, 3.8) is 0 Å². The highest BCUT2D eigenvalue weighted by molar-refractivity contribution is 6.12. The van der Waals surface area contributed by atoms with E-state index in [-0.39, 0.29) is 5.78 Å². The van der Waals surface area contributed by atoms with Gasteiger partial charge in [0.2, 0.25) is 0 Å². The summed E-state index contributed by atoms with van der Waals surface area (Å²) >= 11 is 0. The molecule has 90 valence electrons. The monoisotopic (exact) mass is 229 g/mol. The van der Waals surface area contributed by atoms with Gasteiger partial charge in [-0.3, -0.25) is 4.79 Å². The quantitative estimate of drug-likeness (QED) is 0.539. The van der Waals surface area contributed by atoms with Gasteiger partial charge in [-0.25, -0.2) is 0 Å². The molecular weight excluding hydrogens is 210 g/mol. The van der Waals surface area contributed by atoms with E-state index in [4.69, 9.17) is 5.73 Å². The second-order valence-electron chi connectivity index (χ2n) is 3.18. The van der Waals surface area contributed by atoms with Crippen LogP contribution in [0.15, 0.2) is 72.9 Å². The van der Waals surface area contributed by atoms with Gasteiger partial charge < -0.3 is 5.73 Å². The molecule has 0 rings (SSSR count). The smallest absolute Gasteiger partial charge is 0.192 e. The number of rotatable bonds is 7. The zero-order chi connectivity index (χ0) is 13.1. The Labute approximate surface area is 103 Å². The molecular formula is C15H19NO. The topological polar surface area (TPSA) is 43.1 Å². The van der Waals surface area contributed by atoms with Crippen LogP contribution in [0.4, 0.5) is 0 Å². The minimum atomic E-state index is -0.0836. The van der Waals surface area contributed by atoms with E-state index in [1.54, 1.807) is 36.5 Å². The van der Waals surface area contributed by atoms with Crippen molar-refractivity contribution in [1.82, 2.24) is 0 Å². The molecule has 2 N–H and O–H groups in total. The molecule has 0 aliphatic heterocycles. The highest BCUT2D eigenvalue weighted by atomic mass is 16.1. The fourth-order valence-electron chi connectivity index (χ4n) is 1.17. The van der Waals surface area contributed by atoms with Crippen LogP contribution in [-0.4, -0.2) is 12.3 Å². The Morgan fingerprint density at radius 1 is 1.24 bits per heavy atom. The van der Waals surface area contributed by atoms with Crippen LogP contribution in [0.5, 0.6) is 0 Å². The Hall–Kier alpha value is -1.93. The normalized spacial score (nSPS) is 13.3. The Morgan fingerprint density at radius 3 is 2.41 bits per heavy atom. The van der Waals surface area contributed by atoms with E-state index in [9.17, 15) is 4.79 Å². The van der Waals surface area contributed by atoms with Crippen molar-refractivity contribution in [3.8, 4) is 0 Å². The van der Waals surface area contributed by atoms with E-state index < -0.39 is 0 Å². The Morgan fingerprint density at radius 2 is 1.94 bits per heavy atom. The summed E-state index contributed by atoms with van der Waals surface area (Å²) in [4.78, 5) is 12.1. The summed E-state index contributed by atoms with van der Waals surface area (Å²) < 4.78 is 0. The summed E-state index contributed by atoms with van der Waals surface area (Å²) in [5.41, 5.74) is 6.43. The van der Waals surface area contributed by atoms with Gasteiger partial charge in [0.1, 0.15) is 0 Å². The van der Waals surface area contributed by atoms with Crippen LogP contribution in [0, 0.1) is 0 Å². The van der Waals surface area contributed by atoms with Crippen LogP contribution in [0.3, 0.4) is 0 Å². The average molecular weight is 229 g/mol. The van der Waals surface area contributed by atoms with Crippen LogP contribution in [0.1, 0.15) is 6.92 Å². The van der Waals surface area contributed by atoms with Crippen LogP contribution in [-0.2, 0) is 4.79 Å². The lowest BCUT2D eigenvalue weighted by Crippen LogP contribution is -2.02. The lowest BCUT2D eigenvalue weighted by molar-refractivity contribution is -0.111. The number of hydrogen-bond acceptors (Lipinski definition) is 2. The number of nitrogens with two attached hydrogens (primary N) is 1. The first-order valence-electron chi connectivity index (χ1n) is 5.40. The molecule has 0 spiro atoms. The van der Waals surface area contributed by atoms with Crippen molar-refractivity contribution >= 4 is 5.78 Å². The largest absolute Gasteiger partial charge is 0.327 e. The minimum Gasteiger partial charge on any atom is -0.327 e. The second kappa shape index (κ2) is 9.31. The molecule has 0 aromatic carbocycles. The zero-order valence-corrected chi connectivity index (χ0v) is 10.2. The molecule has 0 aliphatic rings. The summed E-state index contributed by atoms with van der Waals surface area (Å²) in [5.74, 6) is -0.0836. The van der Waals surface area contributed by atoms with Gasteiger partial charge in [-0.05, 0) is 6.92 Å². The van der Waals surface area contributed by atoms with Gasteiger partial charge in [-0.1, -0.05) is 61.8 Å². The van der Waals surface area contributed by atoms with Crippen LogP contribution >= 0.6 is 0 Å². The van der Waals surface area contributed by atoms with E-state index in [2.05, 4.69) is 13.2 Å². The number of allylic oxidation sites excluding steroid dienone is 9. The lowest BCUT2D eigenvalue weighted by atomic mass is 10.0. The Bertz CT molecular complexity index is 395. The number of ketones is 1. The lowest BCUT2D eigenvalue weighted by Gasteiger charge is -2.01. The third kappa shape index (κ3) is 5.64. The van der Waals surface area contributed by atoms with Gasteiger partial charge in [-0.15, -0.1) is 0 Å². The van der Waals surface area contributed by atoms with Gasteiger partial charge in [0, 0.05) is 17.7 Å². The van der Waals surface area contributed by atoms with E-state index >= 15 is 0 Å². The summed E-state index contributed by atoms with van der Waals surface area (Å²) in [6.07, 6.45) is 13.6. The molecule has 0 radical (unpaired) electrons. The molecule has 2 heteroatoms. The van der Waals surface area contributed by atoms with E-state index in [0.29, 0.717) is 17.7 Å². The molecule has 0 aliphatic carbocycles. The molecule has 0 bridgehead atoms. The van der Waals surface area contributed by atoms with Crippen LogP contribution < -0.4 is 5.73 Å². The molecule has 0 aromatic heterocycles. The second-order valence-corrected chi connectivity index (χ2v) is 3.18. The number of carbonyl (C=O) groups is 1. The number of carbonyl (C=O) groups excluding carboxylic acids is 1. The zero-order valence-electron chi connectivity index (χ0n) is 10.2. The standard InChI is InChI=1S/C15H19NO/c1-4-9-14(10-5-2)15(17)13(6-3)11-7-8-12-16/h4-11H,1,3,12,16H2,2H3/b8-7-,10-5-,13-11+,14-9+. The van der Waals surface area contributed by atoms with Gasteiger partial charge in [0.05, 0.1) is 0 Å². The highest BCUT2D eigenvalue weighted by Crippen LogP contribution is 2.09. The third-order valence-electron chi connectivity index (χ3n) is 1.94. The fourth-order valence-corrected chi connectivity index (χ4v) is 1.17. The van der Waals surface area contributed by atoms with Crippen molar-refractivity contribution in [2.75, 3.05) is 6.54 Å². The summed E-state index contributed by atoms with van der Waals surface area (Å²) in [5, 5.41) is 0. The van der Waals surface area contributed by atoms with Gasteiger partial charge in [0.15, 0.2) is 5.78 Å².